The van der Waals surface area contributed by atoms with Crippen molar-refractivity contribution in [2.75, 3.05) is 6.61 Å². The predicted molar refractivity (Wildman–Crippen MR) is 86.7 cm³/mol. The lowest BCUT2D eigenvalue weighted by Crippen LogP contribution is -2.34. The molecular formula is C17H20BrNO. The predicted octanol–water partition coefficient (Wildman–Crippen LogP) is 3.45. The van der Waals surface area contributed by atoms with Gasteiger partial charge in [-0.1, -0.05) is 58.4 Å². The first-order valence-electron chi connectivity index (χ1n) is 6.82. The van der Waals surface area contributed by atoms with Crippen LogP contribution in [0.15, 0.2) is 53.0 Å². The van der Waals surface area contributed by atoms with E-state index < -0.39 is 0 Å². The summed E-state index contributed by atoms with van der Waals surface area (Å²) in [6, 6.07) is 16.7. The van der Waals surface area contributed by atoms with Crippen LogP contribution in [0.5, 0.6) is 0 Å². The second kappa shape index (κ2) is 7.58. The number of aliphatic hydroxyl groups is 1. The van der Waals surface area contributed by atoms with Crippen molar-refractivity contribution in [1.29, 1.82) is 0 Å². The molecule has 0 amide bonds. The van der Waals surface area contributed by atoms with Gasteiger partial charge in [0.05, 0.1) is 6.61 Å². The Hall–Kier alpha value is -1.16. The van der Waals surface area contributed by atoms with Gasteiger partial charge in [0, 0.05) is 17.1 Å². The van der Waals surface area contributed by atoms with Crippen LogP contribution in [-0.2, 0) is 13.0 Å². The lowest BCUT2D eigenvalue weighted by molar-refractivity contribution is 0.241. The molecule has 0 fully saturated rings. The Morgan fingerprint density at radius 2 is 1.85 bits per heavy atom. The lowest BCUT2D eigenvalue weighted by atomic mass is 10.1. The number of benzene rings is 2. The number of aliphatic hydroxyl groups excluding tert-OH is 1. The first-order valence-corrected chi connectivity index (χ1v) is 7.61. The van der Waals surface area contributed by atoms with Crippen molar-refractivity contribution in [2.24, 2.45) is 0 Å². The van der Waals surface area contributed by atoms with Gasteiger partial charge in [0.25, 0.3) is 0 Å². The summed E-state index contributed by atoms with van der Waals surface area (Å²) in [5, 5.41) is 12.9. The average Bonchev–Trinajstić information content (AvgIpc) is 2.48. The molecule has 0 aliphatic heterocycles. The average molecular weight is 334 g/mol. The molecule has 0 radical (unpaired) electrons. The molecule has 3 heteroatoms. The van der Waals surface area contributed by atoms with Gasteiger partial charge in [0.1, 0.15) is 0 Å². The number of nitrogens with one attached hydrogen (secondary N) is 1. The monoisotopic (exact) mass is 333 g/mol. The highest BCUT2D eigenvalue weighted by molar-refractivity contribution is 9.10. The van der Waals surface area contributed by atoms with Crippen molar-refractivity contribution in [3.05, 3.63) is 69.7 Å². The van der Waals surface area contributed by atoms with E-state index in [4.69, 9.17) is 0 Å². The quantitative estimate of drug-likeness (QED) is 0.848. The highest BCUT2D eigenvalue weighted by atomic mass is 79.9. The van der Waals surface area contributed by atoms with Gasteiger partial charge in [-0.05, 0) is 36.1 Å². The maximum absolute atomic E-state index is 9.49. The van der Waals surface area contributed by atoms with Gasteiger partial charge in [0.15, 0.2) is 0 Å². The summed E-state index contributed by atoms with van der Waals surface area (Å²) in [7, 11) is 0. The molecule has 0 saturated carbocycles. The van der Waals surface area contributed by atoms with Crippen LogP contribution in [0, 0.1) is 6.92 Å². The van der Waals surface area contributed by atoms with Crippen molar-refractivity contribution in [3.8, 4) is 0 Å². The van der Waals surface area contributed by atoms with Crippen molar-refractivity contribution >= 4 is 15.9 Å². The maximum atomic E-state index is 9.49. The molecule has 2 N–H and O–H groups in total. The van der Waals surface area contributed by atoms with Gasteiger partial charge in [0.2, 0.25) is 0 Å². The number of aryl methyl sites for hydroxylation is 1. The van der Waals surface area contributed by atoms with Gasteiger partial charge in [-0.2, -0.15) is 0 Å². The third kappa shape index (κ3) is 4.44. The van der Waals surface area contributed by atoms with E-state index in [-0.39, 0.29) is 12.6 Å². The van der Waals surface area contributed by atoms with Crippen molar-refractivity contribution in [3.63, 3.8) is 0 Å². The molecule has 20 heavy (non-hydrogen) atoms. The minimum Gasteiger partial charge on any atom is -0.395 e. The van der Waals surface area contributed by atoms with Gasteiger partial charge in [-0.15, -0.1) is 0 Å². The zero-order chi connectivity index (χ0) is 14.4. The van der Waals surface area contributed by atoms with Gasteiger partial charge < -0.3 is 10.4 Å². The van der Waals surface area contributed by atoms with Gasteiger partial charge in [-0.3, -0.25) is 0 Å². The fourth-order valence-corrected chi connectivity index (χ4v) is 2.43. The minimum absolute atomic E-state index is 0.0846. The molecule has 0 spiro atoms. The molecule has 0 heterocycles. The van der Waals surface area contributed by atoms with Gasteiger partial charge >= 0.3 is 0 Å². The summed E-state index contributed by atoms with van der Waals surface area (Å²) in [4.78, 5) is 0. The molecule has 0 bridgehead atoms. The van der Waals surface area contributed by atoms with E-state index in [0.29, 0.717) is 0 Å². The Morgan fingerprint density at radius 3 is 2.50 bits per heavy atom. The molecule has 2 aromatic rings. The molecule has 0 aliphatic carbocycles. The molecule has 2 rings (SSSR count). The summed E-state index contributed by atoms with van der Waals surface area (Å²) >= 11 is 3.51. The van der Waals surface area contributed by atoms with Crippen LogP contribution in [0.25, 0.3) is 0 Å². The fraction of sp³-hybridized carbons (Fsp3) is 0.294. The van der Waals surface area contributed by atoms with Crippen LogP contribution in [-0.4, -0.2) is 17.8 Å². The van der Waals surface area contributed by atoms with Crippen LogP contribution in [0.1, 0.15) is 16.7 Å². The molecular weight excluding hydrogens is 314 g/mol. The summed E-state index contributed by atoms with van der Waals surface area (Å²) in [5.41, 5.74) is 3.70. The third-order valence-corrected chi connectivity index (χ3v) is 4.25. The number of hydrogen-bond donors (Lipinski definition) is 2. The van der Waals surface area contributed by atoms with Crippen LogP contribution < -0.4 is 5.32 Å². The number of rotatable bonds is 6. The summed E-state index contributed by atoms with van der Waals surface area (Å²) in [5.74, 6) is 0. The molecule has 2 nitrogen and oxygen atoms in total. The standard InChI is InChI=1S/C17H20BrNO/c1-13-9-15(7-8-17(13)18)11-19-16(12-20)10-14-5-3-2-4-6-14/h2-9,16,19-20H,10-12H2,1H3/t16-/m0/s1. The van der Waals surface area contributed by atoms with E-state index in [9.17, 15) is 5.11 Å². The van der Waals surface area contributed by atoms with E-state index in [1.165, 1.54) is 16.7 Å². The minimum atomic E-state index is 0.0846. The molecule has 106 valence electrons. The topological polar surface area (TPSA) is 32.3 Å². The van der Waals surface area contributed by atoms with Crippen LogP contribution in [0.2, 0.25) is 0 Å². The molecule has 0 aromatic heterocycles. The Bertz CT molecular complexity index is 542. The normalized spacial score (nSPS) is 12.3. The molecule has 0 unspecified atom stereocenters. The smallest absolute Gasteiger partial charge is 0.0587 e. The summed E-state index contributed by atoms with van der Waals surface area (Å²) in [6.07, 6.45) is 0.840. The highest BCUT2D eigenvalue weighted by Crippen LogP contribution is 2.17. The first kappa shape index (κ1) is 15.2. The molecule has 2 aromatic carbocycles. The van der Waals surface area contributed by atoms with Gasteiger partial charge in [-0.25, -0.2) is 0 Å². The Morgan fingerprint density at radius 1 is 1.10 bits per heavy atom. The van der Waals surface area contributed by atoms with Crippen LogP contribution in [0.3, 0.4) is 0 Å². The zero-order valence-corrected chi connectivity index (χ0v) is 13.2. The fourth-order valence-electron chi connectivity index (χ4n) is 2.18. The second-order valence-corrected chi connectivity index (χ2v) is 5.89. The van der Waals surface area contributed by atoms with E-state index in [1.54, 1.807) is 0 Å². The summed E-state index contributed by atoms with van der Waals surface area (Å²) < 4.78 is 1.13. The third-order valence-electron chi connectivity index (χ3n) is 3.36. The SMILES string of the molecule is Cc1cc(CN[C@H](CO)Cc2ccccc2)ccc1Br. The highest BCUT2D eigenvalue weighted by Gasteiger charge is 2.08. The Labute approximate surface area is 129 Å². The van der Waals surface area contributed by atoms with Crippen molar-refractivity contribution in [1.82, 2.24) is 5.32 Å². The Balaban J connectivity index is 1.92. The van der Waals surface area contributed by atoms with Crippen molar-refractivity contribution < 1.29 is 5.11 Å². The summed E-state index contributed by atoms with van der Waals surface area (Å²) in [6.45, 7) is 3.00. The van der Waals surface area contributed by atoms with E-state index in [0.717, 1.165) is 17.4 Å². The van der Waals surface area contributed by atoms with E-state index in [1.807, 2.05) is 18.2 Å². The largest absolute Gasteiger partial charge is 0.395 e. The van der Waals surface area contributed by atoms with E-state index in [2.05, 4.69) is 58.5 Å². The number of halogens is 1. The van der Waals surface area contributed by atoms with Crippen LogP contribution in [0.4, 0.5) is 0 Å². The Kier molecular flexibility index (Phi) is 5.77. The van der Waals surface area contributed by atoms with E-state index >= 15 is 0 Å². The number of hydrogen-bond acceptors (Lipinski definition) is 2. The maximum Gasteiger partial charge on any atom is 0.0587 e. The molecule has 1 atom stereocenters. The lowest BCUT2D eigenvalue weighted by Gasteiger charge is -2.17. The molecule has 0 saturated heterocycles. The second-order valence-electron chi connectivity index (χ2n) is 5.03. The first-order chi connectivity index (χ1) is 9.69. The van der Waals surface area contributed by atoms with Crippen LogP contribution >= 0.6 is 15.9 Å². The van der Waals surface area contributed by atoms with Crippen molar-refractivity contribution in [2.45, 2.75) is 25.9 Å². The zero-order valence-electron chi connectivity index (χ0n) is 11.6. The molecule has 0 aliphatic rings.